The zero-order chi connectivity index (χ0) is 18.4. The van der Waals surface area contributed by atoms with Gasteiger partial charge >= 0.3 is 6.09 Å². The normalized spacial score (nSPS) is 21.5. The van der Waals surface area contributed by atoms with E-state index in [2.05, 4.69) is 10.2 Å². The van der Waals surface area contributed by atoms with Crippen LogP contribution in [0, 0.1) is 11.7 Å². The van der Waals surface area contributed by atoms with Crippen molar-refractivity contribution < 1.29 is 18.7 Å². The van der Waals surface area contributed by atoms with Crippen LogP contribution in [0.1, 0.15) is 18.4 Å². The summed E-state index contributed by atoms with van der Waals surface area (Å²) in [5, 5.41) is 3.22. The molecular formula is C19H28FN3O3. The molecule has 0 saturated carbocycles. The zero-order valence-corrected chi connectivity index (χ0v) is 15.4. The number of hydrogen-bond acceptors (Lipinski definition) is 5. The lowest BCUT2D eigenvalue weighted by Crippen LogP contribution is -2.47. The van der Waals surface area contributed by atoms with Crippen LogP contribution in [0.25, 0.3) is 0 Å². The summed E-state index contributed by atoms with van der Waals surface area (Å²) in [5.74, 6) is 0.752. The molecule has 1 N–H and O–H groups in total. The van der Waals surface area contributed by atoms with E-state index in [0.717, 1.165) is 39.0 Å². The van der Waals surface area contributed by atoms with Crippen molar-refractivity contribution in [3.05, 3.63) is 29.6 Å². The zero-order valence-electron chi connectivity index (χ0n) is 15.4. The highest BCUT2D eigenvalue weighted by Crippen LogP contribution is 2.22. The molecule has 0 aliphatic carbocycles. The van der Waals surface area contributed by atoms with Crippen molar-refractivity contribution >= 4 is 6.09 Å². The van der Waals surface area contributed by atoms with Crippen molar-refractivity contribution in [3.63, 3.8) is 0 Å². The third kappa shape index (κ3) is 5.08. The highest BCUT2D eigenvalue weighted by atomic mass is 19.1. The quantitative estimate of drug-likeness (QED) is 0.866. The summed E-state index contributed by atoms with van der Waals surface area (Å²) in [7, 11) is 1.58. The molecule has 2 aliphatic rings. The second-order valence-electron chi connectivity index (χ2n) is 7.01. The van der Waals surface area contributed by atoms with Gasteiger partial charge in [0.1, 0.15) is 11.6 Å². The van der Waals surface area contributed by atoms with E-state index < -0.39 is 0 Å². The van der Waals surface area contributed by atoms with E-state index in [1.165, 1.54) is 6.07 Å². The van der Waals surface area contributed by atoms with Gasteiger partial charge in [-0.05, 0) is 37.6 Å². The van der Waals surface area contributed by atoms with E-state index in [0.29, 0.717) is 43.5 Å². The number of piperidine rings is 1. The Morgan fingerprint density at radius 1 is 1.31 bits per heavy atom. The van der Waals surface area contributed by atoms with Crippen molar-refractivity contribution in [2.75, 3.05) is 53.0 Å². The second kappa shape index (κ2) is 9.19. The number of likely N-dealkylation sites (tertiary alicyclic amines) is 1. The minimum absolute atomic E-state index is 0.210. The summed E-state index contributed by atoms with van der Waals surface area (Å²) in [6, 6.07) is 4.83. The molecule has 0 spiro atoms. The van der Waals surface area contributed by atoms with Gasteiger partial charge in [0, 0.05) is 50.7 Å². The summed E-state index contributed by atoms with van der Waals surface area (Å²) < 4.78 is 24.8. The number of carbonyl (C=O) groups excluding carboxylic acids is 1. The smallest absolute Gasteiger partial charge is 0.409 e. The van der Waals surface area contributed by atoms with Gasteiger partial charge in [0.15, 0.2) is 0 Å². The monoisotopic (exact) mass is 365 g/mol. The van der Waals surface area contributed by atoms with E-state index in [1.807, 2.05) is 0 Å². The van der Waals surface area contributed by atoms with Crippen molar-refractivity contribution in [3.8, 4) is 5.75 Å². The highest BCUT2D eigenvalue weighted by molar-refractivity contribution is 5.67. The summed E-state index contributed by atoms with van der Waals surface area (Å²) >= 11 is 0. The average molecular weight is 365 g/mol. The van der Waals surface area contributed by atoms with Crippen LogP contribution in [0.4, 0.5) is 9.18 Å². The topological polar surface area (TPSA) is 54.0 Å². The molecule has 2 heterocycles. The third-order valence-corrected chi connectivity index (χ3v) is 5.07. The Morgan fingerprint density at radius 2 is 2.12 bits per heavy atom. The maximum Gasteiger partial charge on any atom is 0.409 e. The number of carbonyl (C=O) groups is 1. The van der Waals surface area contributed by atoms with Gasteiger partial charge in [-0.3, -0.25) is 4.90 Å². The molecule has 2 fully saturated rings. The molecule has 1 aromatic rings. The highest BCUT2D eigenvalue weighted by Gasteiger charge is 2.24. The number of benzene rings is 1. The minimum Gasteiger partial charge on any atom is -0.497 e. The Labute approximate surface area is 154 Å². The van der Waals surface area contributed by atoms with Crippen molar-refractivity contribution in [1.29, 1.82) is 0 Å². The molecule has 1 amide bonds. The SMILES string of the molecule is COc1ccc(F)c(CN2CCCC(COC(=O)N3CCNCC3)C2)c1. The maximum atomic E-state index is 14.1. The molecule has 7 heteroatoms. The molecule has 2 saturated heterocycles. The third-order valence-electron chi connectivity index (χ3n) is 5.07. The van der Waals surface area contributed by atoms with Gasteiger partial charge in [-0.2, -0.15) is 0 Å². The van der Waals surface area contributed by atoms with Crippen LogP contribution in [0.3, 0.4) is 0 Å². The number of methoxy groups -OCH3 is 1. The first-order valence-electron chi connectivity index (χ1n) is 9.33. The van der Waals surface area contributed by atoms with Gasteiger partial charge in [0.05, 0.1) is 13.7 Å². The Kier molecular flexibility index (Phi) is 6.68. The first kappa shape index (κ1) is 18.9. The van der Waals surface area contributed by atoms with E-state index in [1.54, 1.807) is 24.1 Å². The molecule has 1 atom stereocenters. The maximum absolute atomic E-state index is 14.1. The fourth-order valence-corrected chi connectivity index (χ4v) is 3.60. The summed E-state index contributed by atoms with van der Waals surface area (Å²) in [5.41, 5.74) is 0.641. The van der Waals surface area contributed by atoms with Crippen LogP contribution in [-0.2, 0) is 11.3 Å². The van der Waals surface area contributed by atoms with Crippen LogP contribution < -0.4 is 10.1 Å². The van der Waals surface area contributed by atoms with Crippen molar-refractivity contribution in [2.24, 2.45) is 5.92 Å². The second-order valence-corrected chi connectivity index (χ2v) is 7.01. The molecule has 144 valence electrons. The van der Waals surface area contributed by atoms with Gasteiger partial charge in [-0.25, -0.2) is 9.18 Å². The van der Waals surface area contributed by atoms with Crippen LogP contribution in [0.15, 0.2) is 18.2 Å². The number of ether oxygens (including phenoxy) is 2. The number of nitrogens with one attached hydrogen (secondary N) is 1. The van der Waals surface area contributed by atoms with Gasteiger partial charge in [-0.1, -0.05) is 0 Å². The Morgan fingerprint density at radius 3 is 2.88 bits per heavy atom. The van der Waals surface area contributed by atoms with E-state index >= 15 is 0 Å². The van der Waals surface area contributed by atoms with Crippen LogP contribution in [0.5, 0.6) is 5.75 Å². The minimum atomic E-state index is -0.220. The fraction of sp³-hybridized carbons (Fsp3) is 0.632. The van der Waals surface area contributed by atoms with Gasteiger partial charge < -0.3 is 19.7 Å². The van der Waals surface area contributed by atoms with Crippen molar-refractivity contribution in [1.82, 2.24) is 15.1 Å². The Bertz CT molecular complexity index is 608. The number of rotatable bonds is 5. The molecule has 1 aromatic carbocycles. The molecule has 0 radical (unpaired) electrons. The van der Waals surface area contributed by atoms with E-state index in [4.69, 9.17) is 9.47 Å². The molecule has 0 bridgehead atoms. The molecule has 6 nitrogen and oxygen atoms in total. The molecule has 26 heavy (non-hydrogen) atoms. The molecule has 1 unspecified atom stereocenters. The van der Waals surface area contributed by atoms with E-state index in [9.17, 15) is 9.18 Å². The Balaban J connectivity index is 1.48. The number of nitrogens with zero attached hydrogens (tertiary/aromatic N) is 2. The van der Waals surface area contributed by atoms with E-state index in [-0.39, 0.29) is 11.9 Å². The van der Waals surface area contributed by atoms with Crippen LogP contribution in [-0.4, -0.2) is 68.9 Å². The molecule has 3 rings (SSSR count). The van der Waals surface area contributed by atoms with Gasteiger partial charge in [0.25, 0.3) is 0 Å². The lowest BCUT2D eigenvalue weighted by molar-refractivity contribution is 0.0608. The summed E-state index contributed by atoms with van der Waals surface area (Å²) in [6.07, 6.45) is 1.84. The predicted octanol–water partition coefficient (Wildman–Crippen LogP) is 2.09. The lowest BCUT2D eigenvalue weighted by atomic mass is 9.98. The lowest BCUT2D eigenvalue weighted by Gasteiger charge is -2.33. The molecule has 2 aliphatic heterocycles. The van der Waals surface area contributed by atoms with Crippen LogP contribution in [0.2, 0.25) is 0 Å². The van der Waals surface area contributed by atoms with Gasteiger partial charge in [0.2, 0.25) is 0 Å². The van der Waals surface area contributed by atoms with Crippen molar-refractivity contribution in [2.45, 2.75) is 19.4 Å². The number of halogens is 1. The summed E-state index contributed by atoms with van der Waals surface area (Å²) in [6.45, 7) is 5.75. The Hall–Kier alpha value is -1.86. The summed E-state index contributed by atoms with van der Waals surface area (Å²) in [4.78, 5) is 16.1. The standard InChI is InChI=1S/C19H28FN3O3/c1-25-17-4-5-18(20)16(11-17)13-22-8-2-3-15(12-22)14-26-19(24)23-9-6-21-7-10-23/h4-5,11,15,21H,2-3,6-10,12-14H2,1H3. The first-order valence-corrected chi connectivity index (χ1v) is 9.33. The molecular weight excluding hydrogens is 337 g/mol. The first-order chi connectivity index (χ1) is 12.7. The molecule has 0 aromatic heterocycles. The number of piperazine rings is 1. The number of amides is 1. The predicted molar refractivity (Wildman–Crippen MR) is 96.7 cm³/mol. The average Bonchev–Trinajstić information content (AvgIpc) is 2.69. The fourth-order valence-electron chi connectivity index (χ4n) is 3.60. The van der Waals surface area contributed by atoms with Crippen LogP contribution >= 0.6 is 0 Å². The van der Waals surface area contributed by atoms with Gasteiger partial charge in [-0.15, -0.1) is 0 Å². The largest absolute Gasteiger partial charge is 0.497 e. The number of hydrogen-bond donors (Lipinski definition) is 1.